The van der Waals surface area contributed by atoms with Crippen molar-refractivity contribution in [3.63, 3.8) is 0 Å². The molecule has 0 aromatic heterocycles. The molecule has 0 atom stereocenters. The summed E-state index contributed by atoms with van der Waals surface area (Å²) in [5.74, 6) is 1.93. The molecule has 0 saturated carbocycles. The molecule has 2 nitrogen and oxygen atoms in total. The van der Waals surface area contributed by atoms with Gasteiger partial charge in [-0.3, -0.25) is 0 Å². The fraction of sp³-hybridized carbons (Fsp3) is 0.500. The monoisotopic (exact) mass is 657 g/mol. The van der Waals surface area contributed by atoms with E-state index >= 15 is 0 Å². The Bertz CT molecular complexity index is 1080. The molecule has 3 rings (SSSR count). The van der Waals surface area contributed by atoms with Gasteiger partial charge in [0, 0.05) is 0 Å². The smallest absolute Gasteiger partial charge is 0.487 e. The van der Waals surface area contributed by atoms with E-state index in [4.69, 9.17) is 9.47 Å². The Labute approximate surface area is 267 Å². The third kappa shape index (κ3) is 15.4. The Kier molecular flexibility index (Phi) is 18.0. The zero-order valence-electron chi connectivity index (χ0n) is 26.4. The second-order valence-corrected chi connectivity index (χ2v) is 12.8. The molecule has 0 heterocycles. The number of ether oxygens (including phenoxy) is 2. The van der Waals surface area contributed by atoms with E-state index in [1.165, 1.54) is 78.9 Å². The van der Waals surface area contributed by atoms with E-state index in [1.807, 2.05) is 0 Å². The Hall–Kier alpha value is -2.81. The molecular weight excluding hydrogens is 610 g/mol. The molecule has 45 heavy (non-hydrogen) atoms. The van der Waals surface area contributed by atoms with Gasteiger partial charge in [0.05, 0.1) is 24.1 Å². The molecule has 0 saturated heterocycles. The largest absolute Gasteiger partial charge is 0.494 e. The molecule has 0 aliphatic carbocycles. The van der Waals surface area contributed by atoms with Crippen LogP contribution in [-0.2, 0) is 10.9 Å². The zero-order valence-corrected chi connectivity index (χ0v) is 27.2. The summed E-state index contributed by atoms with van der Waals surface area (Å²) >= 11 is 0. The highest BCUT2D eigenvalue weighted by molar-refractivity contribution is 7.97. The fourth-order valence-corrected chi connectivity index (χ4v) is 6.52. The van der Waals surface area contributed by atoms with Gasteiger partial charge >= 0.3 is 12.4 Å². The predicted octanol–water partition coefficient (Wildman–Crippen LogP) is 12.4. The van der Waals surface area contributed by atoms with Crippen LogP contribution >= 0.6 is 0 Å². The summed E-state index contributed by atoms with van der Waals surface area (Å²) in [6.45, 7) is 6.13. The van der Waals surface area contributed by atoms with Gasteiger partial charge in [-0.05, 0) is 73.5 Å². The van der Waals surface area contributed by atoms with Crippen molar-refractivity contribution in [3.05, 3.63) is 78.9 Å². The van der Waals surface area contributed by atoms with Crippen molar-refractivity contribution < 1.29 is 35.8 Å². The van der Waals surface area contributed by atoms with Crippen LogP contribution in [0.4, 0.5) is 26.3 Å². The molecule has 0 radical (unpaired) electrons. The van der Waals surface area contributed by atoms with Crippen LogP contribution in [0.15, 0.2) is 93.5 Å². The van der Waals surface area contributed by atoms with Gasteiger partial charge in [0.1, 0.15) is 11.5 Å². The van der Waals surface area contributed by atoms with Gasteiger partial charge in [-0.15, -0.1) is 0 Å². The van der Waals surface area contributed by atoms with Crippen molar-refractivity contribution in [2.24, 2.45) is 0 Å². The molecule has 0 amide bonds. The molecule has 9 heteroatoms. The number of hydrogen-bond acceptors (Lipinski definition) is 2. The van der Waals surface area contributed by atoms with Crippen LogP contribution in [0.5, 0.6) is 11.5 Å². The van der Waals surface area contributed by atoms with Crippen molar-refractivity contribution in [1.82, 2.24) is 0 Å². The third-order valence-electron chi connectivity index (χ3n) is 6.95. The first-order valence-electron chi connectivity index (χ1n) is 15.9. The molecule has 0 spiro atoms. The normalized spacial score (nSPS) is 11.7. The van der Waals surface area contributed by atoms with Crippen molar-refractivity contribution in [3.8, 4) is 11.5 Å². The Morgan fingerprint density at radius 3 is 1.13 bits per heavy atom. The molecule has 0 fully saturated rings. The maximum atomic E-state index is 10.4. The number of halogens is 6. The summed E-state index contributed by atoms with van der Waals surface area (Å²) in [5, 5.41) is 0. The van der Waals surface area contributed by atoms with E-state index in [-0.39, 0.29) is 10.9 Å². The van der Waals surface area contributed by atoms with E-state index in [0.717, 1.165) is 37.6 Å². The predicted molar refractivity (Wildman–Crippen MR) is 171 cm³/mol. The van der Waals surface area contributed by atoms with E-state index in [0.29, 0.717) is 0 Å². The minimum absolute atomic E-state index is 0.167. The van der Waals surface area contributed by atoms with Gasteiger partial charge in [0.2, 0.25) is 0 Å². The molecule has 250 valence electrons. The standard InChI is InChI=1S/C34H47O2S.C2F6/c1-3-5-7-9-11-16-28-35-30-20-24-33(25-21-30)37(32-18-14-13-15-19-32)34-26-22-31(23-27-34)36-29-17-12-10-8-6-4-2;3-1(4,5)2(6,7)8/h13-15,18-27H,3-12,16-17,28-29H2,1-2H3;/q+1;. The van der Waals surface area contributed by atoms with E-state index < -0.39 is 12.4 Å². The van der Waals surface area contributed by atoms with Gasteiger partial charge < -0.3 is 9.47 Å². The molecule has 0 unspecified atom stereocenters. The highest BCUT2D eigenvalue weighted by Gasteiger charge is 2.58. The average Bonchev–Trinajstić information content (AvgIpc) is 3.02. The van der Waals surface area contributed by atoms with Crippen LogP contribution < -0.4 is 9.47 Å². The Morgan fingerprint density at radius 2 is 0.778 bits per heavy atom. The number of benzene rings is 3. The Morgan fingerprint density at radius 1 is 0.444 bits per heavy atom. The number of unbranched alkanes of at least 4 members (excludes halogenated alkanes) is 10. The SMILES string of the molecule is CCCCCCCCOc1ccc([S+](c2ccccc2)c2ccc(OCCCCCCCC)cc2)cc1.FC(F)(F)C(F)(F)F. The number of alkyl halides is 6. The minimum atomic E-state index is -6.06. The maximum Gasteiger partial charge on any atom is 0.487 e. The van der Waals surface area contributed by atoms with E-state index in [1.54, 1.807) is 0 Å². The first-order valence-corrected chi connectivity index (χ1v) is 17.2. The second kappa shape index (κ2) is 21.1. The van der Waals surface area contributed by atoms with Crippen molar-refractivity contribution in [1.29, 1.82) is 0 Å². The summed E-state index contributed by atoms with van der Waals surface area (Å²) < 4.78 is 74.7. The lowest BCUT2D eigenvalue weighted by Crippen LogP contribution is -2.30. The van der Waals surface area contributed by atoms with Crippen LogP contribution in [-0.4, -0.2) is 25.6 Å². The summed E-state index contributed by atoms with van der Waals surface area (Å²) in [6, 6.07) is 28.3. The molecule has 0 aliphatic rings. The van der Waals surface area contributed by atoms with Crippen molar-refractivity contribution in [2.45, 2.75) is 118 Å². The molecule has 0 N–H and O–H groups in total. The fourth-order valence-electron chi connectivity index (χ4n) is 4.45. The molecule has 3 aromatic rings. The second-order valence-electron chi connectivity index (χ2n) is 10.8. The highest BCUT2D eigenvalue weighted by atomic mass is 32.2. The first-order chi connectivity index (χ1) is 21.6. The van der Waals surface area contributed by atoms with E-state index in [9.17, 15) is 26.3 Å². The Balaban J connectivity index is 0.000000777. The van der Waals surface area contributed by atoms with Gasteiger partial charge in [-0.2, -0.15) is 26.3 Å². The third-order valence-corrected chi connectivity index (χ3v) is 9.18. The van der Waals surface area contributed by atoms with Crippen LogP contribution in [0, 0.1) is 0 Å². The highest BCUT2D eigenvalue weighted by Crippen LogP contribution is 2.36. The van der Waals surface area contributed by atoms with Crippen molar-refractivity contribution >= 4 is 10.9 Å². The first kappa shape index (κ1) is 38.4. The zero-order chi connectivity index (χ0) is 33.0. The van der Waals surface area contributed by atoms with Crippen LogP contribution in [0.25, 0.3) is 0 Å². The quantitative estimate of drug-likeness (QED) is 0.0726. The van der Waals surface area contributed by atoms with Gasteiger partial charge in [-0.25, -0.2) is 0 Å². The lowest BCUT2D eigenvalue weighted by molar-refractivity contribution is -0.339. The molecule has 3 aromatic carbocycles. The van der Waals surface area contributed by atoms with Gasteiger partial charge in [0.25, 0.3) is 0 Å². The van der Waals surface area contributed by atoms with Gasteiger partial charge in [-0.1, -0.05) is 96.3 Å². The summed E-state index contributed by atoms with van der Waals surface area (Å²) in [7, 11) is -0.167. The van der Waals surface area contributed by atoms with Crippen LogP contribution in [0.1, 0.15) is 90.9 Å². The molecule has 0 bridgehead atoms. The van der Waals surface area contributed by atoms with Crippen LogP contribution in [0.2, 0.25) is 0 Å². The number of rotatable bonds is 19. The topological polar surface area (TPSA) is 18.5 Å². The lowest BCUT2D eigenvalue weighted by atomic mass is 10.1. The average molecular weight is 658 g/mol. The van der Waals surface area contributed by atoms with Crippen LogP contribution in [0.3, 0.4) is 0 Å². The number of hydrogen-bond donors (Lipinski definition) is 0. The van der Waals surface area contributed by atoms with Crippen molar-refractivity contribution in [2.75, 3.05) is 13.2 Å². The summed E-state index contributed by atoms with van der Waals surface area (Å²) in [4.78, 5) is 3.93. The summed E-state index contributed by atoms with van der Waals surface area (Å²) in [6.07, 6.45) is 3.27. The lowest BCUT2D eigenvalue weighted by Gasteiger charge is -2.11. The minimum Gasteiger partial charge on any atom is -0.494 e. The van der Waals surface area contributed by atoms with E-state index in [2.05, 4.69) is 92.7 Å². The molecular formula is C36H47F6O2S+. The summed E-state index contributed by atoms with van der Waals surface area (Å²) in [5.41, 5.74) is 0. The van der Waals surface area contributed by atoms with Gasteiger partial charge in [0.15, 0.2) is 14.7 Å². The maximum absolute atomic E-state index is 10.4. The molecule has 0 aliphatic heterocycles.